The Kier molecular flexibility index (Phi) is 7.36. The number of thioether (sulfide) groups is 1. The molecule has 11 heteroatoms. The van der Waals surface area contributed by atoms with E-state index in [9.17, 15) is 9.59 Å². The molecule has 0 atom stereocenters. The van der Waals surface area contributed by atoms with Crippen LogP contribution in [-0.4, -0.2) is 52.5 Å². The van der Waals surface area contributed by atoms with Gasteiger partial charge in [0.05, 0.1) is 12.3 Å². The van der Waals surface area contributed by atoms with Crippen LogP contribution in [0.15, 0.2) is 52.1 Å². The average Bonchev–Trinajstić information content (AvgIpc) is 3.49. The van der Waals surface area contributed by atoms with Gasteiger partial charge in [-0.15, -0.1) is 10.2 Å². The van der Waals surface area contributed by atoms with Crippen molar-refractivity contribution < 1.29 is 23.5 Å². The first-order chi connectivity index (χ1) is 16.0. The highest BCUT2D eigenvalue weighted by Gasteiger charge is 2.19. The number of hydrogen-bond acceptors (Lipinski definition) is 8. The smallest absolute Gasteiger partial charge is 0.277 e. The molecule has 9 nitrogen and oxygen atoms in total. The minimum Gasteiger partial charge on any atom is -0.454 e. The third kappa shape index (κ3) is 5.96. The van der Waals surface area contributed by atoms with Crippen LogP contribution in [0.2, 0.25) is 5.02 Å². The van der Waals surface area contributed by atoms with E-state index in [-0.39, 0.29) is 36.1 Å². The highest BCUT2D eigenvalue weighted by molar-refractivity contribution is 7.99. The Bertz CT molecular complexity index is 1140. The first kappa shape index (κ1) is 22.9. The molecule has 2 amide bonds. The summed E-state index contributed by atoms with van der Waals surface area (Å²) in [6.45, 7) is 2.73. The van der Waals surface area contributed by atoms with Gasteiger partial charge in [-0.1, -0.05) is 35.5 Å². The molecule has 3 aromatic rings. The quantitative estimate of drug-likeness (QED) is 0.457. The number of nitrogens with one attached hydrogen (secondary N) is 1. The second-order valence-electron chi connectivity index (χ2n) is 7.04. The zero-order valence-corrected chi connectivity index (χ0v) is 19.3. The lowest BCUT2D eigenvalue weighted by atomic mass is 10.2. The molecule has 0 radical (unpaired) electrons. The highest BCUT2D eigenvalue weighted by atomic mass is 35.5. The van der Waals surface area contributed by atoms with Gasteiger partial charge in [-0.25, -0.2) is 0 Å². The zero-order chi connectivity index (χ0) is 23.2. The number of hydrogen-bond donors (Lipinski definition) is 1. The maximum Gasteiger partial charge on any atom is 0.277 e. The maximum absolute atomic E-state index is 12.6. The lowest BCUT2D eigenvalue weighted by molar-refractivity contribution is -0.133. The van der Waals surface area contributed by atoms with Gasteiger partial charge >= 0.3 is 0 Å². The molecule has 2 aromatic carbocycles. The minimum absolute atomic E-state index is 0.0320. The number of nitrogens with zero attached hydrogens (tertiary/aromatic N) is 3. The summed E-state index contributed by atoms with van der Waals surface area (Å²) >= 11 is 6.99. The molecular weight excluding hydrogens is 468 g/mol. The molecule has 172 valence electrons. The number of ether oxygens (including phenoxy) is 2. The first-order valence-electron chi connectivity index (χ1n) is 10.2. The lowest BCUT2D eigenvalue weighted by Gasteiger charge is -2.19. The van der Waals surface area contributed by atoms with Crippen LogP contribution in [0, 0.1) is 0 Å². The number of fused-ring (bicyclic) bond motifs is 1. The van der Waals surface area contributed by atoms with E-state index < -0.39 is 0 Å². The third-order valence-corrected chi connectivity index (χ3v) is 5.87. The topological polar surface area (TPSA) is 107 Å². The Hall–Kier alpha value is -3.24. The van der Waals surface area contributed by atoms with E-state index in [4.69, 9.17) is 25.5 Å². The molecule has 0 saturated carbocycles. The number of carbonyl (C=O) groups excluding carboxylic acids is 2. The molecule has 33 heavy (non-hydrogen) atoms. The van der Waals surface area contributed by atoms with Crippen molar-refractivity contribution >= 4 is 35.2 Å². The summed E-state index contributed by atoms with van der Waals surface area (Å²) in [5.41, 5.74) is 1.62. The Labute approximate surface area is 199 Å². The van der Waals surface area contributed by atoms with E-state index in [0.717, 1.165) is 17.3 Å². The molecule has 0 spiro atoms. The van der Waals surface area contributed by atoms with Gasteiger partial charge in [0.1, 0.15) is 0 Å². The van der Waals surface area contributed by atoms with E-state index in [0.29, 0.717) is 41.1 Å². The number of likely N-dealkylation sites (N-methyl/N-ethyl adjacent to an activating group) is 1. The van der Waals surface area contributed by atoms with E-state index in [1.807, 2.05) is 19.1 Å². The molecule has 0 saturated heterocycles. The predicted molar refractivity (Wildman–Crippen MR) is 122 cm³/mol. The standard InChI is InChI=1S/C22H21ClN4O5S/c1-2-27(11-19(28)24-10-14-3-6-16(23)7-4-14)20(29)12-33-22-26-25-21(32-22)15-5-8-17-18(9-15)31-13-30-17/h3-9H,2,10-13H2,1H3,(H,24,28). The molecule has 0 fully saturated rings. The van der Waals surface area contributed by atoms with Crippen LogP contribution in [-0.2, 0) is 16.1 Å². The third-order valence-electron chi connectivity index (χ3n) is 4.82. The fourth-order valence-electron chi connectivity index (χ4n) is 3.04. The van der Waals surface area contributed by atoms with Crippen LogP contribution in [0.5, 0.6) is 11.5 Å². The lowest BCUT2D eigenvalue weighted by Crippen LogP contribution is -2.41. The Morgan fingerprint density at radius 3 is 2.70 bits per heavy atom. The maximum atomic E-state index is 12.6. The molecule has 4 rings (SSSR count). The fraction of sp³-hybridized carbons (Fsp3) is 0.273. The number of carbonyl (C=O) groups is 2. The van der Waals surface area contributed by atoms with E-state index in [2.05, 4.69) is 15.5 Å². The van der Waals surface area contributed by atoms with Gasteiger partial charge in [0.25, 0.3) is 5.22 Å². The van der Waals surface area contributed by atoms with Crippen molar-refractivity contribution in [1.29, 1.82) is 0 Å². The SMILES string of the molecule is CCN(CC(=O)NCc1ccc(Cl)cc1)C(=O)CSc1nnc(-c2ccc3c(c2)OCO3)o1. The van der Waals surface area contributed by atoms with Crippen molar-refractivity contribution in [2.45, 2.75) is 18.7 Å². The van der Waals surface area contributed by atoms with Crippen LogP contribution in [0.3, 0.4) is 0 Å². The molecule has 1 aromatic heterocycles. The normalized spacial score (nSPS) is 11.9. The first-order valence-corrected chi connectivity index (χ1v) is 11.5. The number of amides is 2. The number of halogens is 1. The van der Waals surface area contributed by atoms with Crippen molar-refractivity contribution in [2.24, 2.45) is 0 Å². The monoisotopic (exact) mass is 488 g/mol. The molecule has 1 aliphatic rings. The van der Waals surface area contributed by atoms with Crippen LogP contribution >= 0.6 is 23.4 Å². The Morgan fingerprint density at radius 1 is 1.12 bits per heavy atom. The Balaban J connectivity index is 1.26. The second kappa shape index (κ2) is 10.6. The van der Waals surface area contributed by atoms with E-state index in [1.54, 1.807) is 30.3 Å². The van der Waals surface area contributed by atoms with Crippen LogP contribution in [0.4, 0.5) is 0 Å². The van der Waals surface area contributed by atoms with Crippen LogP contribution in [0.1, 0.15) is 12.5 Å². The van der Waals surface area contributed by atoms with Gasteiger partial charge in [0.15, 0.2) is 11.5 Å². The van der Waals surface area contributed by atoms with Crippen molar-refractivity contribution in [3.8, 4) is 23.0 Å². The molecule has 0 aliphatic carbocycles. The molecular formula is C22H21ClN4O5S. The largest absolute Gasteiger partial charge is 0.454 e. The van der Waals surface area contributed by atoms with Crippen LogP contribution in [0.25, 0.3) is 11.5 Å². The molecule has 1 aliphatic heterocycles. The Morgan fingerprint density at radius 2 is 1.91 bits per heavy atom. The number of benzene rings is 2. The minimum atomic E-state index is -0.243. The summed E-state index contributed by atoms with van der Waals surface area (Å²) < 4.78 is 16.3. The van der Waals surface area contributed by atoms with Crippen molar-refractivity contribution in [3.05, 3.63) is 53.1 Å². The van der Waals surface area contributed by atoms with Crippen molar-refractivity contribution in [1.82, 2.24) is 20.4 Å². The summed E-state index contributed by atoms with van der Waals surface area (Å²) in [5.74, 6) is 1.22. The zero-order valence-electron chi connectivity index (χ0n) is 17.7. The van der Waals surface area contributed by atoms with Gasteiger partial charge in [-0.05, 0) is 42.8 Å². The van der Waals surface area contributed by atoms with Gasteiger partial charge < -0.3 is 24.1 Å². The van der Waals surface area contributed by atoms with Gasteiger partial charge in [-0.2, -0.15) is 0 Å². The van der Waals surface area contributed by atoms with Gasteiger partial charge in [0.2, 0.25) is 24.5 Å². The molecule has 2 heterocycles. The predicted octanol–water partition coefficient (Wildman–Crippen LogP) is 3.38. The number of rotatable bonds is 9. The van der Waals surface area contributed by atoms with Crippen LogP contribution < -0.4 is 14.8 Å². The summed E-state index contributed by atoms with van der Waals surface area (Å²) in [4.78, 5) is 26.3. The molecule has 0 bridgehead atoms. The van der Waals surface area contributed by atoms with E-state index >= 15 is 0 Å². The summed E-state index contributed by atoms with van der Waals surface area (Å²) in [6.07, 6.45) is 0. The fourth-order valence-corrected chi connectivity index (χ4v) is 3.83. The second-order valence-corrected chi connectivity index (χ2v) is 8.40. The van der Waals surface area contributed by atoms with Crippen molar-refractivity contribution in [2.75, 3.05) is 25.6 Å². The van der Waals surface area contributed by atoms with Gasteiger partial charge in [0, 0.05) is 23.7 Å². The highest BCUT2D eigenvalue weighted by Crippen LogP contribution is 2.36. The molecule has 0 unspecified atom stereocenters. The van der Waals surface area contributed by atoms with Crippen molar-refractivity contribution in [3.63, 3.8) is 0 Å². The van der Waals surface area contributed by atoms with Gasteiger partial charge in [-0.3, -0.25) is 9.59 Å². The summed E-state index contributed by atoms with van der Waals surface area (Å²) in [6, 6.07) is 12.5. The summed E-state index contributed by atoms with van der Waals surface area (Å²) in [5, 5.41) is 11.7. The summed E-state index contributed by atoms with van der Waals surface area (Å²) in [7, 11) is 0. The van der Waals surface area contributed by atoms with E-state index in [1.165, 1.54) is 4.90 Å². The number of aromatic nitrogens is 2. The average molecular weight is 489 g/mol. The molecule has 1 N–H and O–H groups in total.